The van der Waals surface area contributed by atoms with Crippen molar-refractivity contribution in [2.24, 2.45) is 0 Å². The number of amides is 1. The van der Waals surface area contributed by atoms with Gasteiger partial charge in [-0.25, -0.2) is 0 Å². The van der Waals surface area contributed by atoms with Gasteiger partial charge in [0, 0.05) is 17.2 Å². The molecule has 18 heavy (non-hydrogen) atoms. The van der Waals surface area contributed by atoms with Gasteiger partial charge in [0.2, 0.25) is 5.91 Å². The molecule has 0 aliphatic carbocycles. The summed E-state index contributed by atoms with van der Waals surface area (Å²) in [5, 5.41) is 3.08. The van der Waals surface area contributed by atoms with Gasteiger partial charge in [-0.15, -0.1) is 11.3 Å². The van der Waals surface area contributed by atoms with Crippen LogP contribution in [0.5, 0.6) is 0 Å². The Bertz CT molecular complexity index is 508. The van der Waals surface area contributed by atoms with E-state index in [2.05, 4.69) is 10.3 Å². The van der Waals surface area contributed by atoms with Gasteiger partial charge in [0.05, 0.1) is 18.1 Å². The van der Waals surface area contributed by atoms with Crippen LogP contribution in [0, 0.1) is 10.9 Å². The van der Waals surface area contributed by atoms with E-state index in [9.17, 15) is 4.79 Å². The zero-order chi connectivity index (χ0) is 13.3. The van der Waals surface area contributed by atoms with Crippen molar-refractivity contribution in [1.29, 1.82) is 0 Å². The Kier molecular flexibility index (Phi) is 3.89. The largest absolute Gasteiger partial charge is 0.376 e. The molecule has 0 bridgehead atoms. The minimum atomic E-state index is -0.247. The number of thiazole rings is 1. The van der Waals surface area contributed by atoms with Crippen LogP contribution in [-0.2, 0) is 16.0 Å². The molecule has 1 fully saturated rings. The molecule has 0 radical (unpaired) electrons. The van der Waals surface area contributed by atoms with Crippen LogP contribution in [0.4, 0.5) is 0 Å². The first-order valence-electron chi connectivity index (χ1n) is 6.02. The molecular weight excluding hydrogens is 268 g/mol. The summed E-state index contributed by atoms with van der Waals surface area (Å²) in [4.78, 5) is 16.1. The minimum Gasteiger partial charge on any atom is -0.376 e. The predicted octanol–water partition coefficient (Wildman–Crippen LogP) is 2.34. The third kappa shape index (κ3) is 2.81. The average molecular weight is 286 g/mol. The number of carbonyl (C=O) groups is 1. The number of rotatable bonds is 3. The molecule has 0 saturated carbocycles. The van der Waals surface area contributed by atoms with Crippen LogP contribution in [0.1, 0.15) is 30.8 Å². The zero-order valence-electron chi connectivity index (χ0n) is 10.8. The topological polar surface area (TPSA) is 54.1 Å². The molecule has 0 aromatic carbocycles. The van der Waals surface area contributed by atoms with Gasteiger partial charge in [-0.1, -0.05) is 0 Å². The van der Waals surface area contributed by atoms with Crippen LogP contribution in [0.15, 0.2) is 0 Å². The Balaban J connectivity index is 2.01. The van der Waals surface area contributed by atoms with Crippen molar-refractivity contribution in [3.8, 4) is 0 Å². The number of H-pyrrole nitrogens is 1. The fourth-order valence-corrected chi connectivity index (χ4v) is 3.40. The standard InChI is InChI=1S/C12H18N2O2S2/c1-7-9(18-11(17)13-7)6-10(15)14-12(3)4-5-16-8(12)2/h8H,4-6H2,1-3H3,(H,13,17)(H,14,15). The lowest BCUT2D eigenvalue weighted by molar-refractivity contribution is -0.122. The van der Waals surface area contributed by atoms with Crippen molar-refractivity contribution in [3.05, 3.63) is 14.5 Å². The summed E-state index contributed by atoms with van der Waals surface area (Å²) in [6.07, 6.45) is 1.31. The summed E-state index contributed by atoms with van der Waals surface area (Å²) >= 11 is 6.54. The summed E-state index contributed by atoms with van der Waals surface area (Å²) in [7, 11) is 0. The number of aryl methyl sites for hydroxylation is 1. The van der Waals surface area contributed by atoms with E-state index in [0.717, 1.165) is 20.9 Å². The Morgan fingerprint density at radius 3 is 2.94 bits per heavy atom. The fraction of sp³-hybridized carbons (Fsp3) is 0.667. The molecule has 1 amide bonds. The molecule has 100 valence electrons. The van der Waals surface area contributed by atoms with Crippen molar-refractivity contribution in [1.82, 2.24) is 10.3 Å². The van der Waals surface area contributed by atoms with E-state index in [1.54, 1.807) is 0 Å². The lowest BCUT2D eigenvalue weighted by Gasteiger charge is -2.28. The maximum Gasteiger partial charge on any atom is 0.225 e. The maximum atomic E-state index is 12.1. The molecule has 6 heteroatoms. The molecule has 2 heterocycles. The maximum absolute atomic E-state index is 12.1. The average Bonchev–Trinajstić information content (AvgIpc) is 2.72. The molecule has 0 spiro atoms. The first-order chi connectivity index (χ1) is 8.40. The van der Waals surface area contributed by atoms with Gasteiger partial charge in [0.15, 0.2) is 3.95 Å². The number of carbonyl (C=O) groups excluding carboxylic acids is 1. The van der Waals surface area contributed by atoms with Gasteiger partial charge in [0.25, 0.3) is 0 Å². The quantitative estimate of drug-likeness (QED) is 0.839. The van der Waals surface area contributed by atoms with E-state index in [0.29, 0.717) is 13.0 Å². The zero-order valence-corrected chi connectivity index (χ0v) is 12.5. The van der Waals surface area contributed by atoms with Crippen molar-refractivity contribution in [2.75, 3.05) is 6.61 Å². The second kappa shape index (κ2) is 5.11. The van der Waals surface area contributed by atoms with Crippen LogP contribution < -0.4 is 5.32 Å². The number of aromatic amines is 1. The number of nitrogens with one attached hydrogen (secondary N) is 2. The highest BCUT2D eigenvalue weighted by Gasteiger charge is 2.38. The van der Waals surface area contributed by atoms with Crippen LogP contribution >= 0.6 is 23.6 Å². The van der Waals surface area contributed by atoms with Gasteiger partial charge in [0.1, 0.15) is 0 Å². The highest BCUT2D eigenvalue weighted by molar-refractivity contribution is 7.73. The van der Waals surface area contributed by atoms with E-state index >= 15 is 0 Å². The second-order valence-corrected chi connectivity index (χ2v) is 6.74. The molecule has 1 aromatic heterocycles. The Morgan fingerprint density at radius 1 is 1.72 bits per heavy atom. The highest BCUT2D eigenvalue weighted by atomic mass is 32.1. The minimum absolute atomic E-state index is 0.0307. The molecule has 4 nitrogen and oxygen atoms in total. The first kappa shape index (κ1) is 13.7. The molecule has 2 N–H and O–H groups in total. The monoisotopic (exact) mass is 286 g/mol. The number of hydrogen-bond donors (Lipinski definition) is 2. The van der Waals surface area contributed by atoms with Crippen LogP contribution in [-0.4, -0.2) is 29.1 Å². The normalized spacial score (nSPS) is 27.4. The Morgan fingerprint density at radius 2 is 2.44 bits per heavy atom. The van der Waals surface area contributed by atoms with Gasteiger partial charge in [-0.3, -0.25) is 4.79 Å². The lowest BCUT2D eigenvalue weighted by Crippen LogP contribution is -2.51. The number of ether oxygens (including phenoxy) is 1. The molecule has 2 rings (SSSR count). The third-order valence-electron chi connectivity index (χ3n) is 3.56. The van der Waals surface area contributed by atoms with E-state index in [-0.39, 0.29) is 17.6 Å². The summed E-state index contributed by atoms with van der Waals surface area (Å²) in [6, 6.07) is 0. The van der Waals surface area contributed by atoms with Crippen molar-refractivity contribution in [2.45, 2.75) is 45.3 Å². The second-order valence-electron chi connectivity index (χ2n) is 4.97. The number of aromatic nitrogens is 1. The molecule has 1 aromatic rings. The molecule has 2 atom stereocenters. The van der Waals surface area contributed by atoms with E-state index in [4.69, 9.17) is 17.0 Å². The van der Waals surface area contributed by atoms with Crippen molar-refractivity contribution < 1.29 is 9.53 Å². The SMILES string of the molecule is Cc1[nH]c(=S)sc1CC(=O)NC1(C)CCOC1C. The molecule has 1 aliphatic rings. The van der Waals surface area contributed by atoms with Gasteiger partial charge < -0.3 is 15.0 Å². The molecule has 2 unspecified atom stereocenters. The molecular formula is C12H18N2O2S2. The Labute approximate surface area is 116 Å². The van der Waals surface area contributed by atoms with Gasteiger partial charge in [-0.2, -0.15) is 0 Å². The molecule has 1 saturated heterocycles. The summed E-state index contributed by atoms with van der Waals surface area (Å²) < 4.78 is 6.23. The number of hydrogen-bond acceptors (Lipinski definition) is 4. The van der Waals surface area contributed by atoms with Crippen molar-refractivity contribution in [3.63, 3.8) is 0 Å². The summed E-state index contributed by atoms with van der Waals surface area (Å²) in [5.41, 5.74) is 0.740. The van der Waals surface area contributed by atoms with E-state index in [1.165, 1.54) is 11.3 Å². The van der Waals surface area contributed by atoms with Crippen LogP contribution in [0.2, 0.25) is 0 Å². The molecule has 1 aliphatic heterocycles. The van der Waals surface area contributed by atoms with Crippen LogP contribution in [0.25, 0.3) is 0 Å². The van der Waals surface area contributed by atoms with E-state index in [1.807, 2.05) is 20.8 Å². The lowest BCUT2D eigenvalue weighted by atomic mass is 9.94. The van der Waals surface area contributed by atoms with Crippen LogP contribution in [0.3, 0.4) is 0 Å². The highest BCUT2D eigenvalue weighted by Crippen LogP contribution is 2.25. The summed E-state index contributed by atoms with van der Waals surface area (Å²) in [5.74, 6) is 0.0307. The van der Waals surface area contributed by atoms with E-state index < -0.39 is 0 Å². The fourth-order valence-electron chi connectivity index (χ4n) is 2.11. The summed E-state index contributed by atoms with van der Waals surface area (Å²) in [6.45, 7) is 6.69. The van der Waals surface area contributed by atoms with Gasteiger partial charge >= 0.3 is 0 Å². The smallest absolute Gasteiger partial charge is 0.225 e. The first-order valence-corrected chi connectivity index (χ1v) is 7.24. The van der Waals surface area contributed by atoms with Gasteiger partial charge in [-0.05, 0) is 39.4 Å². The Hall–Kier alpha value is -0.720. The third-order valence-corrected chi connectivity index (χ3v) is 4.89. The van der Waals surface area contributed by atoms with Crippen molar-refractivity contribution >= 4 is 29.5 Å². The predicted molar refractivity (Wildman–Crippen MR) is 74.5 cm³/mol.